The molecule has 2 N–H and O–H groups in total. The Bertz CT molecular complexity index is 732. The third-order valence-corrected chi connectivity index (χ3v) is 4.41. The Balaban J connectivity index is 2.11. The van der Waals surface area contributed by atoms with Crippen molar-refractivity contribution in [1.82, 2.24) is 5.32 Å². The van der Waals surface area contributed by atoms with Crippen LogP contribution in [-0.2, 0) is 4.79 Å². The van der Waals surface area contributed by atoms with Crippen LogP contribution in [0.4, 0.5) is 5.69 Å². The van der Waals surface area contributed by atoms with E-state index in [9.17, 15) is 9.59 Å². The normalized spacial score (nSPS) is 11.9. The van der Waals surface area contributed by atoms with E-state index in [0.29, 0.717) is 20.7 Å². The lowest BCUT2D eigenvalue weighted by atomic mass is 10.0. The molecule has 2 amide bonds. The van der Waals surface area contributed by atoms with E-state index in [1.807, 2.05) is 19.9 Å². The molecule has 2 aromatic carbocycles. The van der Waals surface area contributed by atoms with Crippen LogP contribution in [0.1, 0.15) is 24.2 Å². The lowest BCUT2D eigenvalue weighted by molar-refractivity contribution is -0.118. The Labute approximate surface area is 154 Å². The number of amides is 2. The Morgan fingerprint density at radius 1 is 1.04 bits per heavy atom. The van der Waals surface area contributed by atoms with E-state index in [4.69, 9.17) is 11.6 Å². The average molecular weight is 410 g/mol. The van der Waals surface area contributed by atoms with Gasteiger partial charge in [-0.3, -0.25) is 9.59 Å². The molecule has 0 aliphatic heterocycles. The Hall–Kier alpha value is -1.85. The topological polar surface area (TPSA) is 58.2 Å². The van der Waals surface area contributed by atoms with Crippen LogP contribution in [0.3, 0.4) is 0 Å². The molecule has 6 heteroatoms. The van der Waals surface area contributed by atoms with Crippen LogP contribution in [0.2, 0.25) is 5.02 Å². The molecule has 0 aliphatic rings. The van der Waals surface area contributed by atoms with Crippen molar-refractivity contribution in [3.05, 3.63) is 63.6 Å². The molecule has 1 unspecified atom stereocenters. The molecule has 0 aliphatic carbocycles. The first-order valence-electron chi connectivity index (χ1n) is 7.50. The lowest BCUT2D eigenvalue weighted by Crippen LogP contribution is -2.47. The van der Waals surface area contributed by atoms with E-state index < -0.39 is 6.04 Å². The number of benzene rings is 2. The van der Waals surface area contributed by atoms with Crippen molar-refractivity contribution in [2.45, 2.75) is 19.9 Å². The summed E-state index contributed by atoms with van der Waals surface area (Å²) in [6.07, 6.45) is 0. The molecule has 0 saturated heterocycles. The van der Waals surface area contributed by atoms with Crippen molar-refractivity contribution in [3.8, 4) is 0 Å². The summed E-state index contributed by atoms with van der Waals surface area (Å²) in [4.78, 5) is 25.0. The minimum absolute atomic E-state index is 0.0660. The molecule has 4 nitrogen and oxygen atoms in total. The maximum absolute atomic E-state index is 12.5. The van der Waals surface area contributed by atoms with Gasteiger partial charge in [-0.1, -0.05) is 37.6 Å². The molecule has 0 bridgehead atoms. The second-order valence-electron chi connectivity index (χ2n) is 5.67. The summed E-state index contributed by atoms with van der Waals surface area (Å²) in [6.45, 7) is 3.76. The maximum Gasteiger partial charge on any atom is 0.253 e. The maximum atomic E-state index is 12.5. The largest absolute Gasteiger partial charge is 0.340 e. The summed E-state index contributed by atoms with van der Waals surface area (Å²) in [5.41, 5.74) is 1.12. The Morgan fingerprint density at radius 2 is 1.67 bits per heavy atom. The van der Waals surface area contributed by atoms with Gasteiger partial charge in [-0.05, 0) is 58.2 Å². The zero-order valence-electron chi connectivity index (χ0n) is 13.3. The lowest BCUT2D eigenvalue weighted by Gasteiger charge is -2.22. The Morgan fingerprint density at radius 3 is 2.25 bits per heavy atom. The molecule has 0 fully saturated rings. The smallest absolute Gasteiger partial charge is 0.253 e. The SMILES string of the molecule is CC(C)C(NC(=O)c1ccccc1Br)C(=O)Nc1ccc(Cl)cc1. The van der Waals surface area contributed by atoms with Crippen molar-refractivity contribution in [2.24, 2.45) is 5.92 Å². The van der Waals surface area contributed by atoms with Crippen LogP contribution < -0.4 is 10.6 Å². The first-order chi connectivity index (χ1) is 11.4. The highest BCUT2D eigenvalue weighted by Gasteiger charge is 2.25. The first kappa shape index (κ1) is 18.5. The second kappa shape index (κ2) is 8.31. The quantitative estimate of drug-likeness (QED) is 0.764. The van der Waals surface area contributed by atoms with Crippen LogP contribution in [0.25, 0.3) is 0 Å². The number of carbonyl (C=O) groups is 2. The predicted molar refractivity (Wildman–Crippen MR) is 100 cm³/mol. The van der Waals surface area contributed by atoms with Gasteiger partial charge in [0.1, 0.15) is 6.04 Å². The summed E-state index contributed by atoms with van der Waals surface area (Å²) in [7, 11) is 0. The van der Waals surface area contributed by atoms with Gasteiger partial charge in [0.2, 0.25) is 5.91 Å². The van der Waals surface area contributed by atoms with Crippen molar-refractivity contribution in [3.63, 3.8) is 0 Å². The van der Waals surface area contributed by atoms with Crippen molar-refractivity contribution >= 4 is 45.0 Å². The zero-order chi connectivity index (χ0) is 17.7. The molecule has 24 heavy (non-hydrogen) atoms. The van der Waals surface area contributed by atoms with Crippen LogP contribution in [0, 0.1) is 5.92 Å². The third kappa shape index (κ3) is 4.82. The highest BCUT2D eigenvalue weighted by molar-refractivity contribution is 9.10. The zero-order valence-corrected chi connectivity index (χ0v) is 15.7. The van der Waals surface area contributed by atoms with Gasteiger partial charge in [0.25, 0.3) is 5.91 Å². The highest BCUT2D eigenvalue weighted by Crippen LogP contribution is 2.17. The van der Waals surface area contributed by atoms with E-state index >= 15 is 0 Å². The summed E-state index contributed by atoms with van der Waals surface area (Å²) in [5.74, 6) is -0.635. The molecule has 0 radical (unpaired) electrons. The second-order valence-corrected chi connectivity index (χ2v) is 6.96. The van der Waals surface area contributed by atoms with Gasteiger partial charge in [0, 0.05) is 15.2 Å². The minimum atomic E-state index is -0.653. The molecule has 0 aromatic heterocycles. The number of carbonyl (C=O) groups excluding carboxylic acids is 2. The van der Waals surface area contributed by atoms with E-state index in [-0.39, 0.29) is 17.7 Å². The molecule has 0 heterocycles. The summed E-state index contributed by atoms with van der Waals surface area (Å²) in [5, 5.41) is 6.19. The number of hydrogen-bond donors (Lipinski definition) is 2. The molecule has 2 aromatic rings. The number of hydrogen-bond acceptors (Lipinski definition) is 2. The Kier molecular flexibility index (Phi) is 6.40. The molecule has 0 spiro atoms. The number of halogens is 2. The number of anilines is 1. The van der Waals surface area contributed by atoms with Crippen LogP contribution in [0.5, 0.6) is 0 Å². The fraction of sp³-hybridized carbons (Fsp3) is 0.222. The van der Waals surface area contributed by atoms with Gasteiger partial charge < -0.3 is 10.6 Å². The summed E-state index contributed by atoms with van der Waals surface area (Å²) < 4.78 is 0.683. The van der Waals surface area contributed by atoms with Crippen molar-refractivity contribution < 1.29 is 9.59 Å². The van der Waals surface area contributed by atoms with Crippen molar-refractivity contribution in [2.75, 3.05) is 5.32 Å². The fourth-order valence-corrected chi connectivity index (χ4v) is 2.74. The van der Waals surface area contributed by atoms with E-state index in [2.05, 4.69) is 26.6 Å². The van der Waals surface area contributed by atoms with Gasteiger partial charge in [-0.2, -0.15) is 0 Å². The molecule has 0 saturated carbocycles. The number of nitrogens with one attached hydrogen (secondary N) is 2. The fourth-order valence-electron chi connectivity index (χ4n) is 2.15. The van der Waals surface area contributed by atoms with E-state index in [0.717, 1.165) is 0 Å². The molecular formula is C18H18BrClN2O2. The van der Waals surface area contributed by atoms with Gasteiger partial charge in [-0.15, -0.1) is 0 Å². The summed E-state index contributed by atoms with van der Waals surface area (Å²) in [6, 6.07) is 13.3. The van der Waals surface area contributed by atoms with Gasteiger partial charge >= 0.3 is 0 Å². The highest BCUT2D eigenvalue weighted by atomic mass is 79.9. The molecule has 1 atom stereocenters. The van der Waals surface area contributed by atoms with Crippen LogP contribution in [-0.4, -0.2) is 17.9 Å². The van der Waals surface area contributed by atoms with E-state index in [1.165, 1.54) is 0 Å². The molecule has 126 valence electrons. The standard InChI is InChI=1S/C18H18BrClN2O2/c1-11(2)16(18(24)21-13-9-7-12(20)8-10-13)22-17(23)14-5-3-4-6-15(14)19/h3-11,16H,1-2H3,(H,21,24)(H,22,23). The van der Waals surface area contributed by atoms with Crippen LogP contribution in [0.15, 0.2) is 53.0 Å². The van der Waals surface area contributed by atoms with Gasteiger partial charge in [-0.25, -0.2) is 0 Å². The average Bonchev–Trinajstić information content (AvgIpc) is 2.54. The predicted octanol–water partition coefficient (Wildman–Crippen LogP) is 4.50. The third-order valence-electron chi connectivity index (χ3n) is 3.47. The van der Waals surface area contributed by atoms with E-state index in [1.54, 1.807) is 42.5 Å². The van der Waals surface area contributed by atoms with Gasteiger partial charge in [0.15, 0.2) is 0 Å². The first-order valence-corrected chi connectivity index (χ1v) is 8.67. The number of rotatable bonds is 5. The monoisotopic (exact) mass is 408 g/mol. The van der Waals surface area contributed by atoms with Crippen molar-refractivity contribution in [1.29, 1.82) is 0 Å². The summed E-state index contributed by atoms with van der Waals surface area (Å²) >= 11 is 9.19. The van der Waals surface area contributed by atoms with Gasteiger partial charge in [0.05, 0.1) is 5.56 Å². The molecular weight excluding hydrogens is 392 g/mol. The van der Waals surface area contributed by atoms with Crippen LogP contribution >= 0.6 is 27.5 Å². The minimum Gasteiger partial charge on any atom is -0.340 e. The molecule has 2 rings (SSSR count).